The molecule has 0 heterocycles. The van der Waals surface area contributed by atoms with Crippen molar-refractivity contribution in [3.63, 3.8) is 0 Å². The van der Waals surface area contributed by atoms with E-state index < -0.39 is 11.9 Å². The van der Waals surface area contributed by atoms with Crippen molar-refractivity contribution in [2.75, 3.05) is 26.1 Å². The molecule has 0 aromatic heterocycles. The summed E-state index contributed by atoms with van der Waals surface area (Å²) in [7, 11) is 2.66. The number of halogens is 2. The molecule has 2 rings (SSSR count). The van der Waals surface area contributed by atoms with E-state index >= 15 is 0 Å². The van der Waals surface area contributed by atoms with Crippen molar-refractivity contribution < 1.29 is 23.8 Å². The summed E-state index contributed by atoms with van der Waals surface area (Å²) in [6.07, 6.45) is 0. The summed E-state index contributed by atoms with van der Waals surface area (Å²) >= 11 is 9.43. The van der Waals surface area contributed by atoms with E-state index in [4.69, 9.17) is 21.1 Å². The number of amides is 1. The summed E-state index contributed by atoms with van der Waals surface area (Å²) in [5, 5.41) is 2.79. The largest absolute Gasteiger partial charge is 0.496 e. The molecule has 0 aliphatic rings. The predicted molar refractivity (Wildman–Crippen MR) is 97.6 cm³/mol. The summed E-state index contributed by atoms with van der Waals surface area (Å²) < 4.78 is 16.1. The van der Waals surface area contributed by atoms with E-state index in [1.165, 1.54) is 26.4 Å². The fourth-order valence-electron chi connectivity index (χ4n) is 1.95. The number of benzene rings is 2. The SMILES string of the molecule is COC(=O)c1cc(Cl)c(NC(=O)COc2ccc(Br)cc2)cc1OC. The molecule has 0 spiro atoms. The second-order valence-corrected chi connectivity index (χ2v) is 6.14. The Morgan fingerprint density at radius 3 is 2.44 bits per heavy atom. The van der Waals surface area contributed by atoms with Crippen LogP contribution in [0.3, 0.4) is 0 Å². The number of hydrogen-bond acceptors (Lipinski definition) is 5. The molecule has 2 aromatic rings. The highest BCUT2D eigenvalue weighted by Gasteiger charge is 2.17. The fraction of sp³-hybridized carbons (Fsp3) is 0.176. The minimum absolute atomic E-state index is 0.166. The van der Waals surface area contributed by atoms with Crippen LogP contribution in [0.1, 0.15) is 10.4 Å². The number of hydrogen-bond donors (Lipinski definition) is 1. The van der Waals surface area contributed by atoms with Gasteiger partial charge in [0.05, 0.1) is 24.9 Å². The Morgan fingerprint density at radius 1 is 1.16 bits per heavy atom. The lowest BCUT2D eigenvalue weighted by Gasteiger charge is -2.13. The second-order valence-electron chi connectivity index (χ2n) is 4.81. The molecule has 0 saturated heterocycles. The van der Waals surface area contributed by atoms with Gasteiger partial charge in [0.1, 0.15) is 17.1 Å². The van der Waals surface area contributed by atoms with Crippen molar-refractivity contribution in [3.05, 3.63) is 51.5 Å². The van der Waals surface area contributed by atoms with Crippen LogP contribution in [0.5, 0.6) is 11.5 Å². The summed E-state index contributed by atoms with van der Waals surface area (Å²) in [4.78, 5) is 23.7. The Morgan fingerprint density at radius 2 is 1.84 bits per heavy atom. The Labute approximate surface area is 158 Å². The van der Waals surface area contributed by atoms with Gasteiger partial charge in [-0.05, 0) is 30.3 Å². The zero-order valence-electron chi connectivity index (χ0n) is 13.5. The molecule has 6 nitrogen and oxygen atoms in total. The van der Waals surface area contributed by atoms with Crippen LogP contribution in [0.4, 0.5) is 5.69 Å². The number of esters is 1. The van der Waals surface area contributed by atoms with Crippen LogP contribution in [0.15, 0.2) is 40.9 Å². The van der Waals surface area contributed by atoms with Crippen LogP contribution in [-0.4, -0.2) is 32.7 Å². The number of methoxy groups -OCH3 is 2. The number of nitrogens with one attached hydrogen (secondary N) is 1. The Kier molecular flexibility index (Phi) is 6.66. The topological polar surface area (TPSA) is 73.9 Å². The number of anilines is 1. The lowest BCUT2D eigenvalue weighted by molar-refractivity contribution is -0.118. The third-order valence-corrected chi connectivity index (χ3v) is 3.99. The van der Waals surface area contributed by atoms with Crippen LogP contribution < -0.4 is 14.8 Å². The Hall–Kier alpha value is -2.25. The van der Waals surface area contributed by atoms with Gasteiger partial charge in [0.2, 0.25) is 0 Å². The number of rotatable bonds is 6. The van der Waals surface area contributed by atoms with E-state index in [1.807, 2.05) is 0 Å². The van der Waals surface area contributed by atoms with Crippen molar-refractivity contribution in [1.29, 1.82) is 0 Å². The molecule has 0 saturated carbocycles. The first-order valence-electron chi connectivity index (χ1n) is 7.08. The molecule has 0 radical (unpaired) electrons. The molecule has 0 unspecified atom stereocenters. The Bertz CT molecular complexity index is 779. The van der Waals surface area contributed by atoms with Crippen molar-refractivity contribution in [2.45, 2.75) is 0 Å². The van der Waals surface area contributed by atoms with Crippen molar-refractivity contribution in [2.24, 2.45) is 0 Å². The van der Waals surface area contributed by atoms with Gasteiger partial charge in [0.25, 0.3) is 5.91 Å². The molecular formula is C17H15BrClNO5. The molecule has 0 fully saturated rings. The Balaban J connectivity index is 2.07. The molecule has 1 amide bonds. The van der Waals surface area contributed by atoms with Crippen molar-refractivity contribution in [1.82, 2.24) is 0 Å². The zero-order chi connectivity index (χ0) is 18.4. The van der Waals surface area contributed by atoms with E-state index in [-0.39, 0.29) is 22.9 Å². The highest BCUT2D eigenvalue weighted by atomic mass is 79.9. The van der Waals surface area contributed by atoms with Crippen LogP contribution in [-0.2, 0) is 9.53 Å². The number of carbonyl (C=O) groups is 2. The monoisotopic (exact) mass is 427 g/mol. The maximum absolute atomic E-state index is 12.0. The van der Waals surface area contributed by atoms with Crippen LogP contribution in [0, 0.1) is 0 Å². The standard InChI is InChI=1S/C17H15BrClNO5/c1-23-15-8-14(13(19)7-12(15)17(22)24-2)20-16(21)9-25-11-5-3-10(18)4-6-11/h3-8H,9H2,1-2H3,(H,20,21). The van der Waals surface area contributed by atoms with E-state index in [0.29, 0.717) is 11.4 Å². The first-order chi connectivity index (χ1) is 11.9. The van der Waals surface area contributed by atoms with E-state index in [9.17, 15) is 9.59 Å². The summed E-state index contributed by atoms with van der Waals surface area (Å²) in [6.45, 7) is -0.195. The molecule has 1 N–H and O–H groups in total. The van der Waals surface area contributed by atoms with E-state index in [0.717, 1.165) is 4.47 Å². The quantitative estimate of drug-likeness (QED) is 0.706. The smallest absolute Gasteiger partial charge is 0.341 e. The highest BCUT2D eigenvalue weighted by Crippen LogP contribution is 2.31. The third-order valence-electron chi connectivity index (χ3n) is 3.15. The molecular weight excluding hydrogens is 414 g/mol. The average molecular weight is 429 g/mol. The molecule has 0 bridgehead atoms. The number of ether oxygens (including phenoxy) is 3. The minimum Gasteiger partial charge on any atom is -0.496 e. The first-order valence-corrected chi connectivity index (χ1v) is 8.25. The lowest BCUT2D eigenvalue weighted by Crippen LogP contribution is -2.20. The molecule has 132 valence electrons. The molecule has 2 aromatic carbocycles. The summed E-state index contributed by atoms with van der Waals surface area (Å²) in [5.74, 6) is -0.198. The van der Waals surface area contributed by atoms with Gasteiger partial charge in [-0.2, -0.15) is 0 Å². The third kappa shape index (κ3) is 5.11. The van der Waals surface area contributed by atoms with Gasteiger partial charge in [-0.25, -0.2) is 4.79 Å². The zero-order valence-corrected chi connectivity index (χ0v) is 15.8. The highest BCUT2D eigenvalue weighted by molar-refractivity contribution is 9.10. The first kappa shape index (κ1) is 19.1. The molecule has 0 atom stereocenters. The normalized spacial score (nSPS) is 10.1. The maximum atomic E-state index is 12.0. The van der Waals surface area contributed by atoms with E-state index in [1.54, 1.807) is 24.3 Å². The van der Waals surface area contributed by atoms with Gasteiger partial charge < -0.3 is 19.5 Å². The van der Waals surface area contributed by atoms with Gasteiger partial charge >= 0.3 is 5.97 Å². The maximum Gasteiger partial charge on any atom is 0.341 e. The van der Waals surface area contributed by atoms with Crippen LogP contribution in [0.2, 0.25) is 5.02 Å². The summed E-state index contributed by atoms with van der Waals surface area (Å²) in [6, 6.07) is 9.90. The molecule has 0 aliphatic heterocycles. The van der Waals surface area contributed by atoms with E-state index in [2.05, 4.69) is 26.0 Å². The molecule has 25 heavy (non-hydrogen) atoms. The number of carbonyl (C=O) groups excluding carboxylic acids is 2. The van der Waals surface area contributed by atoms with Crippen LogP contribution >= 0.6 is 27.5 Å². The second kappa shape index (κ2) is 8.73. The van der Waals surface area contributed by atoms with Crippen molar-refractivity contribution >= 4 is 45.1 Å². The van der Waals surface area contributed by atoms with Gasteiger partial charge in [0, 0.05) is 10.5 Å². The van der Waals surface area contributed by atoms with Gasteiger partial charge in [0.15, 0.2) is 6.61 Å². The molecule has 8 heteroatoms. The minimum atomic E-state index is -0.588. The molecule has 0 aliphatic carbocycles. The van der Waals surface area contributed by atoms with Crippen LogP contribution in [0.25, 0.3) is 0 Å². The fourth-order valence-corrected chi connectivity index (χ4v) is 2.43. The van der Waals surface area contributed by atoms with Gasteiger partial charge in [-0.1, -0.05) is 27.5 Å². The summed E-state index contributed by atoms with van der Waals surface area (Å²) in [5.41, 5.74) is 0.467. The predicted octanol–water partition coefficient (Wildman–Crippen LogP) is 3.92. The van der Waals surface area contributed by atoms with Gasteiger partial charge in [-0.15, -0.1) is 0 Å². The van der Waals surface area contributed by atoms with Gasteiger partial charge in [-0.3, -0.25) is 4.79 Å². The van der Waals surface area contributed by atoms with Crippen molar-refractivity contribution in [3.8, 4) is 11.5 Å². The lowest BCUT2D eigenvalue weighted by atomic mass is 10.1. The average Bonchev–Trinajstić information content (AvgIpc) is 2.62.